The van der Waals surface area contributed by atoms with Gasteiger partial charge in [-0.1, -0.05) is 0 Å². The van der Waals surface area contributed by atoms with Crippen LogP contribution in [0, 0.1) is 6.92 Å². The van der Waals surface area contributed by atoms with Gasteiger partial charge in [0.2, 0.25) is 5.91 Å². The molecule has 12 heteroatoms. The molecular formula is C12H14F6N4O2. The van der Waals surface area contributed by atoms with Crippen LogP contribution in [0.15, 0.2) is 6.07 Å². The van der Waals surface area contributed by atoms with Crippen molar-refractivity contribution in [3.05, 3.63) is 17.6 Å². The zero-order chi connectivity index (χ0) is 18.5. The number of likely N-dealkylation sites (tertiary alicyclic amines) is 1. The Hall–Kier alpha value is -2.11. The van der Waals surface area contributed by atoms with Crippen LogP contribution in [0.5, 0.6) is 0 Å². The summed E-state index contributed by atoms with van der Waals surface area (Å²) in [7, 11) is 0. The molecule has 1 aliphatic heterocycles. The van der Waals surface area contributed by atoms with E-state index in [1.165, 1.54) is 6.92 Å². The molecule has 0 atom stereocenters. The molecule has 136 valence electrons. The van der Waals surface area contributed by atoms with Crippen LogP contribution < -0.4 is 5.32 Å². The molecule has 0 bridgehead atoms. The smallest absolute Gasteiger partial charge is 0.361 e. The zero-order valence-corrected chi connectivity index (χ0v) is 12.4. The summed E-state index contributed by atoms with van der Waals surface area (Å²) in [4.78, 5) is 20.3. The lowest BCUT2D eigenvalue weighted by Crippen LogP contribution is -2.44. The topological polar surface area (TPSA) is 78.4 Å². The van der Waals surface area contributed by atoms with Gasteiger partial charge in [-0.3, -0.25) is 4.79 Å². The van der Waals surface area contributed by atoms with Crippen LogP contribution in [-0.2, 0) is 11.0 Å². The van der Waals surface area contributed by atoms with Gasteiger partial charge in [0.1, 0.15) is 17.3 Å². The lowest BCUT2D eigenvalue weighted by Gasteiger charge is -2.30. The maximum absolute atomic E-state index is 12.5. The van der Waals surface area contributed by atoms with Crippen LogP contribution in [-0.4, -0.2) is 51.9 Å². The maximum atomic E-state index is 12.5. The van der Waals surface area contributed by atoms with Crippen LogP contribution >= 0.6 is 0 Å². The van der Waals surface area contributed by atoms with Gasteiger partial charge in [-0.15, -0.1) is 13.2 Å². The summed E-state index contributed by atoms with van der Waals surface area (Å²) in [5.41, 5.74) is -1.01. The number of halogens is 6. The highest BCUT2D eigenvalue weighted by molar-refractivity contribution is 5.81. The molecule has 6 nitrogen and oxygen atoms in total. The fourth-order valence-corrected chi connectivity index (χ4v) is 1.65. The summed E-state index contributed by atoms with van der Waals surface area (Å²) >= 11 is 0. The first-order valence-electron chi connectivity index (χ1n) is 6.60. The molecule has 1 aromatic heterocycles. The molecule has 0 aromatic carbocycles. The number of hydrogen-bond acceptors (Lipinski definition) is 5. The summed E-state index contributed by atoms with van der Waals surface area (Å²) in [6.07, 6.45) is -8.55. The van der Waals surface area contributed by atoms with Gasteiger partial charge >= 0.3 is 12.5 Å². The summed E-state index contributed by atoms with van der Waals surface area (Å²) in [5.74, 6) is -0.126. The van der Waals surface area contributed by atoms with E-state index in [9.17, 15) is 31.1 Å². The fraction of sp³-hybridized carbons (Fsp3) is 0.583. The third kappa shape index (κ3) is 7.44. The molecule has 0 aliphatic carbocycles. The Kier molecular flexibility index (Phi) is 6.35. The maximum Gasteiger partial charge on any atom is 0.519 e. The largest absolute Gasteiger partial charge is 0.519 e. The van der Waals surface area contributed by atoms with E-state index < -0.39 is 18.2 Å². The number of nitrogens with zero attached hydrogens (tertiary/aromatic N) is 3. The molecule has 1 aromatic rings. The van der Waals surface area contributed by atoms with E-state index in [4.69, 9.17) is 5.11 Å². The molecule has 24 heavy (non-hydrogen) atoms. The van der Waals surface area contributed by atoms with E-state index in [1.54, 1.807) is 4.90 Å². The Balaban J connectivity index is 0.000000505. The molecule has 0 saturated carbocycles. The number of aliphatic hydroxyl groups is 1. The molecule has 1 amide bonds. The first-order chi connectivity index (χ1) is 10.9. The average Bonchev–Trinajstić information content (AvgIpc) is 2.30. The predicted octanol–water partition coefficient (Wildman–Crippen LogP) is 1.95. The van der Waals surface area contributed by atoms with E-state index in [1.807, 2.05) is 0 Å². The van der Waals surface area contributed by atoms with Crippen LogP contribution in [0.1, 0.15) is 17.9 Å². The van der Waals surface area contributed by atoms with Crippen molar-refractivity contribution in [2.45, 2.75) is 25.9 Å². The van der Waals surface area contributed by atoms with E-state index in [-0.39, 0.29) is 24.1 Å². The minimum Gasteiger partial charge on any atom is -0.361 e. The Labute approximate surface area is 132 Å². The van der Waals surface area contributed by atoms with E-state index in [0.717, 1.165) is 12.5 Å². The lowest BCUT2D eigenvalue weighted by atomic mass is 10.2. The number of anilines is 1. The van der Waals surface area contributed by atoms with Gasteiger partial charge in [-0.05, 0) is 13.3 Å². The Bertz CT molecular complexity index is 566. The summed E-state index contributed by atoms with van der Waals surface area (Å²) in [5, 5.41) is 9.13. The number of alkyl halides is 6. The minimum absolute atomic E-state index is 0.00805. The second kappa shape index (κ2) is 7.64. The first-order valence-corrected chi connectivity index (χ1v) is 6.60. The van der Waals surface area contributed by atoms with Crippen molar-refractivity contribution in [3.8, 4) is 0 Å². The molecule has 0 radical (unpaired) electrons. The average molecular weight is 360 g/mol. The zero-order valence-electron chi connectivity index (χ0n) is 12.4. The number of aromatic nitrogens is 2. The van der Waals surface area contributed by atoms with Crippen LogP contribution in [0.4, 0.5) is 32.2 Å². The van der Waals surface area contributed by atoms with Crippen molar-refractivity contribution < 1.29 is 36.2 Å². The fourth-order valence-electron chi connectivity index (χ4n) is 1.65. The first kappa shape index (κ1) is 19.9. The van der Waals surface area contributed by atoms with Gasteiger partial charge < -0.3 is 15.3 Å². The van der Waals surface area contributed by atoms with Crippen LogP contribution in [0.2, 0.25) is 0 Å². The quantitative estimate of drug-likeness (QED) is 0.806. The highest BCUT2D eigenvalue weighted by Gasteiger charge is 2.33. The Morgan fingerprint density at radius 3 is 2.21 bits per heavy atom. The van der Waals surface area contributed by atoms with Crippen LogP contribution in [0.25, 0.3) is 0 Å². The molecule has 0 unspecified atom stereocenters. The van der Waals surface area contributed by atoms with Gasteiger partial charge in [-0.25, -0.2) is 9.97 Å². The van der Waals surface area contributed by atoms with Crippen molar-refractivity contribution in [1.29, 1.82) is 0 Å². The Morgan fingerprint density at radius 1 is 1.25 bits per heavy atom. The monoisotopic (exact) mass is 360 g/mol. The SMILES string of the molecule is Cc1nc(NCC(=O)N2CCC2)cc(C(F)(F)F)n1.OC(F)(F)F. The van der Waals surface area contributed by atoms with E-state index >= 15 is 0 Å². The van der Waals surface area contributed by atoms with Crippen molar-refractivity contribution in [1.82, 2.24) is 14.9 Å². The number of nitrogens with one attached hydrogen (secondary N) is 1. The standard InChI is InChI=1S/C11H13F3N4O.CHF3O/c1-7-16-8(11(12,13)14)5-9(17-7)15-6-10(19)18-3-2-4-18;2-1(3,4)5/h5H,2-4,6H2,1H3,(H,15,16,17);5H. The number of carbonyl (C=O) groups excluding carboxylic acids is 1. The molecule has 2 rings (SSSR count). The number of hydrogen-bond donors (Lipinski definition) is 2. The number of carbonyl (C=O) groups is 1. The van der Waals surface area contributed by atoms with E-state index in [0.29, 0.717) is 13.1 Å². The van der Waals surface area contributed by atoms with Crippen molar-refractivity contribution in [3.63, 3.8) is 0 Å². The van der Waals surface area contributed by atoms with Gasteiger partial charge in [-0.2, -0.15) is 13.2 Å². The van der Waals surface area contributed by atoms with Gasteiger partial charge in [0.15, 0.2) is 0 Å². The number of aryl methyl sites for hydroxylation is 1. The summed E-state index contributed by atoms with van der Waals surface area (Å²) in [6.45, 7) is 2.72. The number of rotatable bonds is 3. The highest BCUT2D eigenvalue weighted by atomic mass is 19.4. The normalized spacial score (nSPS) is 14.4. The molecule has 2 heterocycles. The molecule has 2 N–H and O–H groups in total. The Morgan fingerprint density at radius 2 is 1.79 bits per heavy atom. The molecule has 1 aliphatic rings. The van der Waals surface area contributed by atoms with Gasteiger partial charge in [0.25, 0.3) is 0 Å². The third-order valence-corrected chi connectivity index (χ3v) is 2.76. The van der Waals surface area contributed by atoms with Gasteiger partial charge in [0.05, 0.1) is 6.54 Å². The predicted molar refractivity (Wildman–Crippen MR) is 69.7 cm³/mol. The third-order valence-electron chi connectivity index (χ3n) is 2.76. The molecule has 1 fully saturated rings. The van der Waals surface area contributed by atoms with Crippen LogP contribution in [0.3, 0.4) is 0 Å². The number of amides is 1. The second-order valence-corrected chi connectivity index (χ2v) is 4.74. The molecule has 0 spiro atoms. The lowest BCUT2D eigenvalue weighted by molar-refractivity contribution is -0.295. The van der Waals surface area contributed by atoms with Crippen molar-refractivity contribution >= 4 is 11.7 Å². The molecule has 1 saturated heterocycles. The summed E-state index contributed by atoms with van der Waals surface area (Å²) < 4.78 is 67.4. The van der Waals surface area contributed by atoms with Crippen molar-refractivity contribution in [2.24, 2.45) is 0 Å². The summed E-state index contributed by atoms with van der Waals surface area (Å²) in [6, 6.07) is 0.802. The second-order valence-electron chi connectivity index (χ2n) is 4.74. The minimum atomic E-state index is -5.00. The van der Waals surface area contributed by atoms with Crippen molar-refractivity contribution in [2.75, 3.05) is 25.0 Å². The van der Waals surface area contributed by atoms with Gasteiger partial charge in [0, 0.05) is 19.2 Å². The van der Waals surface area contributed by atoms with E-state index in [2.05, 4.69) is 15.3 Å². The molecular weight excluding hydrogens is 346 g/mol. The highest BCUT2D eigenvalue weighted by Crippen LogP contribution is 2.28.